The fourth-order valence-corrected chi connectivity index (χ4v) is 1.76. The maximum absolute atomic E-state index is 11.0. The van der Waals surface area contributed by atoms with E-state index in [4.69, 9.17) is 9.47 Å². The average molecular weight is 233 g/mol. The van der Waals surface area contributed by atoms with Crippen LogP contribution in [0.2, 0.25) is 0 Å². The molecule has 0 spiro atoms. The first-order valence-corrected chi connectivity index (χ1v) is 5.41. The van der Waals surface area contributed by atoms with Crippen molar-refractivity contribution in [3.63, 3.8) is 0 Å². The first kappa shape index (κ1) is 10.0. The maximum atomic E-state index is 11.0. The summed E-state index contributed by atoms with van der Waals surface area (Å²) >= 11 is 0. The van der Waals surface area contributed by atoms with Crippen molar-refractivity contribution >= 4 is 0 Å². The van der Waals surface area contributed by atoms with Gasteiger partial charge in [-0.3, -0.25) is 0 Å². The number of hydrogen-bond acceptors (Lipinski definition) is 4. The van der Waals surface area contributed by atoms with Crippen molar-refractivity contribution in [1.82, 2.24) is 5.16 Å². The molecule has 0 amide bonds. The van der Waals surface area contributed by atoms with Gasteiger partial charge in [-0.15, -0.1) is 0 Å². The van der Waals surface area contributed by atoms with Crippen LogP contribution in [0.5, 0.6) is 11.5 Å². The molecule has 88 valence electrons. The Labute approximate surface area is 96.9 Å². The van der Waals surface area contributed by atoms with E-state index in [0.717, 1.165) is 17.7 Å². The van der Waals surface area contributed by atoms with Gasteiger partial charge in [0.25, 0.3) is 0 Å². The predicted octanol–water partition coefficient (Wildman–Crippen LogP) is 1.80. The van der Waals surface area contributed by atoms with Crippen molar-refractivity contribution in [2.75, 3.05) is 13.2 Å². The number of aromatic nitrogens is 1. The highest BCUT2D eigenvalue weighted by Crippen LogP contribution is 2.33. The molecule has 5 nitrogen and oxygen atoms in total. The zero-order valence-corrected chi connectivity index (χ0v) is 9.06. The van der Waals surface area contributed by atoms with Gasteiger partial charge in [0.1, 0.15) is 0 Å². The average Bonchev–Trinajstić information content (AvgIpc) is 2.64. The molecule has 5 heteroatoms. The Morgan fingerprint density at radius 1 is 1.06 bits per heavy atom. The van der Waals surface area contributed by atoms with Gasteiger partial charge in [-0.05, 0) is 18.2 Å². The molecule has 0 bridgehead atoms. The monoisotopic (exact) mass is 233 g/mol. The van der Waals surface area contributed by atoms with Gasteiger partial charge in [-0.1, -0.05) is 0 Å². The van der Waals surface area contributed by atoms with Crippen LogP contribution in [0.4, 0.5) is 0 Å². The molecular formula is C12H11NO4. The van der Waals surface area contributed by atoms with Crippen molar-refractivity contribution in [3.8, 4) is 22.8 Å². The molecule has 0 saturated carbocycles. The molecule has 0 unspecified atom stereocenters. The minimum Gasteiger partial charge on any atom is -0.490 e. The molecule has 3 rings (SSSR count). The lowest BCUT2D eigenvalue weighted by molar-refractivity contribution is 0.297. The Bertz CT molecular complexity index is 584. The summed E-state index contributed by atoms with van der Waals surface area (Å²) in [6, 6.07) is 6.93. The van der Waals surface area contributed by atoms with E-state index < -0.39 is 5.63 Å². The van der Waals surface area contributed by atoms with E-state index in [2.05, 4.69) is 9.68 Å². The number of hydrogen-bond donors (Lipinski definition) is 1. The van der Waals surface area contributed by atoms with Crippen LogP contribution in [0.3, 0.4) is 0 Å². The third-order valence-electron chi connectivity index (χ3n) is 2.58. The Balaban J connectivity index is 2.02. The van der Waals surface area contributed by atoms with Gasteiger partial charge in [0.15, 0.2) is 11.5 Å². The van der Waals surface area contributed by atoms with E-state index in [9.17, 15) is 4.79 Å². The minimum atomic E-state index is -0.396. The molecule has 2 aromatic rings. The SMILES string of the molecule is O=c1cc(-c2ccc3c(c2)OCCCO3)[nH]o1. The third kappa shape index (κ3) is 1.91. The van der Waals surface area contributed by atoms with E-state index >= 15 is 0 Å². The molecule has 0 atom stereocenters. The number of aromatic amines is 1. The summed E-state index contributed by atoms with van der Waals surface area (Å²) in [6.45, 7) is 1.30. The van der Waals surface area contributed by atoms with Crippen LogP contribution in [-0.4, -0.2) is 18.4 Å². The minimum absolute atomic E-state index is 0.396. The lowest BCUT2D eigenvalue weighted by Crippen LogP contribution is -1.97. The Morgan fingerprint density at radius 2 is 1.88 bits per heavy atom. The van der Waals surface area contributed by atoms with Crippen molar-refractivity contribution < 1.29 is 14.0 Å². The maximum Gasteiger partial charge on any atom is 0.357 e. The molecule has 1 aliphatic rings. The lowest BCUT2D eigenvalue weighted by Gasteiger charge is -2.07. The van der Waals surface area contributed by atoms with E-state index in [1.54, 1.807) is 0 Å². The molecule has 1 aliphatic heterocycles. The molecule has 17 heavy (non-hydrogen) atoms. The van der Waals surface area contributed by atoms with Crippen LogP contribution in [-0.2, 0) is 0 Å². The van der Waals surface area contributed by atoms with Crippen LogP contribution in [0.25, 0.3) is 11.3 Å². The summed E-state index contributed by atoms with van der Waals surface area (Å²) in [5, 5.41) is 2.56. The molecule has 0 fully saturated rings. The van der Waals surface area contributed by atoms with Gasteiger partial charge >= 0.3 is 5.63 Å². The van der Waals surface area contributed by atoms with Crippen LogP contribution >= 0.6 is 0 Å². The molecule has 1 N–H and O–H groups in total. The summed E-state index contributed by atoms with van der Waals surface area (Å²) in [4.78, 5) is 11.0. The van der Waals surface area contributed by atoms with Gasteiger partial charge in [0.05, 0.1) is 25.0 Å². The summed E-state index contributed by atoms with van der Waals surface area (Å²) < 4.78 is 15.7. The lowest BCUT2D eigenvalue weighted by atomic mass is 10.1. The second-order valence-electron chi connectivity index (χ2n) is 3.79. The van der Waals surface area contributed by atoms with Crippen molar-refractivity contribution in [2.24, 2.45) is 0 Å². The van der Waals surface area contributed by atoms with E-state index in [1.807, 2.05) is 18.2 Å². The quantitative estimate of drug-likeness (QED) is 0.815. The van der Waals surface area contributed by atoms with Gasteiger partial charge < -0.3 is 14.0 Å². The second kappa shape index (κ2) is 4.01. The molecule has 2 heterocycles. The smallest absolute Gasteiger partial charge is 0.357 e. The zero-order valence-electron chi connectivity index (χ0n) is 9.06. The van der Waals surface area contributed by atoms with Crippen LogP contribution in [0.15, 0.2) is 33.6 Å². The summed E-state index contributed by atoms with van der Waals surface area (Å²) in [7, 11) is 0. The molecule has 0 saturated heterocycles. The van der Waals surface area contributed by atoms with E-state index in [0.29, 0.717) is 24.7 Å². The molecule has 1 aromatic carbocycles. The number of benzene rings is 1. The van der Waals surface area contributed by atoms with Gasteiger partial charge in [-0.2, -0.15) is 0 Å². The Morgan fingerprint density at radius 3 is 2.65 bits per heavy atom. The fraction of sp³-hybridized carbons (Fsp3) is 0.250. The number of rotatable bonds is 1. The highest BCUT2D eigenvalue weighted by molar-refractivity contribution is 5.63. The Hall–Kier alpha value is -2.17. The summed E-state index contributed by atoms with van der Waals surface area (Å²) in [5.41, 5.74) is 1.07. The van der Waals surface area contributed by atoms with Crippen LogP contribution in [0.1, 0.15) is 6.42 Å². The van der Waals surface area contributed by atoms with E-state index in [-0.39, 0.29) is 0 Å². The Kier molecular flexibility index (Phi) is 2.36. The first-order chi connectivity index (χ1) is 8.33. The number of nitrogens with one attached hydrogen (secondary N) is 1. The molecule has 0 aliphatic carbocycles. The van der Waals surface area contributed by atoms with Gasteiger partial charge in [0.2, 0.25) is 0 Å². The molecule has 0 radical (unpaired) electrons. The molecular weight excluding hydrogens is 222 g/mol. The van der Waals surface area contributed by atoms with E-state index in [1.165, 1.54) is 6.07 Å². The highest BCUT2D eigenvalue weighted by atomic mass is 16.5. The van der Waals surface area contributed by atoms with Gasteiger partial charge in [-0.25, -0.2) is 9.95 Å². The normalized spacial score (nSPS) is 14.4. The zero-order chi connectivity index (χ0) is 11.7. The predicted molar refractivity (Wildman–Crippen MR) is 60.4 cm³/mol. The van der Waals surface area contributed by atoms with Crippen molar-refractivity contribution in [1.29, 1.82) is 0 Å². The van der Waals surface area contributed by atoms with Crippen molar-refractivity contribution in [2.45, 2.75) is 6.42 Å². The largest absolute Gasteiger partial charge is 0.490 e. The fourth-order valence-electron chi connectivity index (χ4n) is 1.76. The second-order valence-corrected chi connectivity index (χ2v) is 3.79. The summed E-state index contributed by atoms with van der Waals surface area (Å²) in [5.74, 6) is 1.43. The number of H-pyrrole nitrogens is 1. The molecule has 1 aromatic heterocycles. The third-order valence-corrected chi connectivity index (χ3v) is 2.58. The van der Waals surface area contributed by atoms with Gasteiger partial charge in [0, 0.05) is 12.0 Å². The van der Waals surface area contributed by atoms with Crippen molar-refractivity contribution in [3.05, 3.63) is 34.7 Å². The highest BCUT2D eigenvalue weighted by Gasteiger charge is 2.12. The summed E-state index contributed by atoms with van der Waals surface area (Å²) in [6.07, 6.45) is 0.868. The van der Waals surface area contributed by atoms with Crippen LogP contribution in [0, 0.1) is 0 Å². The standard InChI is InChI=1S/C12H11NO4/c14-12-7-9(13-17-12)8-2-3-10-11(6-8)16-5-1-4-15-10/h2-3,6-7,13H,1,4-5H2. The first-order valence-electron chi connectivity index (χ1n) is 5.41. The number of ether oxygens (including phenoxy) is 2. The number of fused-ring (bicyclic) bond motifs is 1. The topological polar surface area (TPSA) is 64.5 Å². The van der Waals surface area contributed by atoms with Crippen LogP contribution < -0.4 is 15.1 Å².